The molecule has 0 amide bonds. The molecular formula is C21H27N5O. The zero-order valence-electron chi connectivity index (χ0n) is 16.1. The summed E-state index contributed by atoms with van der Waals surface area (Å²) in [5.74, 6) is 1.72. The number of aromatic nitrogens is 3. The summed E-state index contributed by atoms with van der Waals surface area (Å²) in [6, 6.07) is 10.8. The summed E-state index contributed by atoms with van der Waals surface area (Å²) in [5.41, 5.74) is 2.90. The monoisotopic (exact) mass is 365 g/mol. The van der Waals surface area contributed by atoms with Gasteiger partial charge in [0.25, 0.3) is 0 Å². The van der Waals surface area contributed by atoms with Gasteiger partial charge in [-0.05, 0) is 49.6 Å². The summed E-state index contributed by atoms with van der Waals surface area (Å²) < 4.78 is 7.85. The van der Waals surface area contributed by atoms with E-state index in [-0.39, 0.29) is 0 Å². The van der Waals surface area contributed by atoms with Crippen molar-refractivity contribution in [2.75, 3.05) is 32.1 Å². The topological polar surface area (TPSA) is 54.7 Å². The minimum absolute atomic E-state index is 0.719. The molecule has 0 spiro atoms. The second kappa shape index (κ2) is 7.96. The first-order valence-corrected chi connectivity index (χ1v) is 9.78. The second-order valence-electron chi connectivity index (χ2n) is 7.01. The molecule has 0 saturated carbocycles. The lowest BCUT2D eigenvalue weighted by molar-refractivity contribution is 0.194. The van der Waals surface area contributed by atoms with Gasteiger partial charge in [0.2, 0.25) is 0 Å². The van der Waals surface area contributed by atoms with Crippen LogP contribution < -0.4 is 10.1 Å². The molecule has 0 radical (unpaired) electrons. The van der Waals surface area contributed by atoms with Crippen LogP contribution in [0.3, 0.4) is 0 Å². The number of rotatable bonds is 7. The van der Waals surface area contributed by atoms with Gasteiger partial charge in [-0.3, -0.25) is 4.90 Å². The molecule has 1 N–H and O–H groups in total. The highest BCUT2D eigenvalue weighted by atomic mass is 16.5. The van der Waals surface area contributed by atoms with Gasteiger partial charge < -0.3 is 10.1 Å². The molecule has 1 aromatic carbocycles. The minimum atomic E-state index is 0.719. The smallest absolute Gasteiger partial charge is 0.165 e. The largest absolute Gasteiger partial charge is 0.492 e. The first-order valence-electron chi connectivity index (χ1n) is 9.78. The molecular weight excluding hydrogens is 338 g/mol. The van der Waals surface area contributed by atoms with Crippen molar-refractivity contribution in [2.45, 2.75) is 32.2 Å². The Morgan fingerprint density at radius 3 is 3.07 bits per heavy atom. The van der Waals surface area contributed by atoms with Crippen molar-refractivity contribution in [1.29, 1.82) is 0 Å². The van der Waals surface area contributed by atoms with Crippen LogP contribution >= 0.6 is 0 Å². The molecule has 1 unspecified atom stereocenters. The van der Waals surface area contributed by atoms with Gasteiger partial charge in [-0.25, -0.2) is 9.50 Å². The highest BCUT2D eigenvalue weighted by Gasteiger charge is 2.22. The SMILES string of the molecule is CCC1CCCN1CCOc1cccc(-c2cnn3ccc(NC)nc23)c1. The van der Waals surface area contributed by atoms with E-state index < -0.39 is 0 Å². The molecule has 142 valence electrons. The van der Waals surface area contributed by atoms with E-state index >= 15 is 0 Å². The number of nitrogens with zero attached hydrogens (tertiary/aromatic N) is 4. The quantitative estimate of drug-likeness (QED) is 0.692. The lowest BCUT2D eigenvalue weighted by Crippen LogP contribution is -2.32. The maximum atomic E-state index is 6.05. The molecule has 1 saturated heterocycles. The Kier molecular flexibility index (Phi) is 5.25. The van der Waals surface area contributed by atoms with Crippen molar-refractivity contribution in [2.24, 2.45) is 0 Å². The van der Waals surface area contributed by atoms with Crippen molar-refractivity contribution < 1.29 is 4.74 Å². The summed E-state index contributed by atoms with van der Waals surface area (Å²) in [6.45, 7) is 5.18. The van der Waals surface area contributed by atoms with Crippen molar-refractivity contribution in [3.05, 3.63) is 42.7 Å². The Morgan fingerprint density at radius 1 is 1.30 bits per heavy atom. The van der Waals surface area contributed by atoms with E-state index in [1.165, 1.54) is 25.8 Å². The van der Waals surface area contributed by atoms with Gasteiger partial charge in [0, 0.05) is 31.4 Å². The van der Waals surface area contributed by atoms with Crippen LogP contribution in [0.15, 0.2) is 42.7 Å². The average Bonchev–Trinajstić information content (AvgIpc) is 3.34. The normalized spacial score (nSPS) is 17.5. The van der Waals surface area contributed by atoms with Gasteiger partial charge >= 0.3 is 0 Å². The standard InChI is InChI=1S/C21H27N5O/c1-3-17-7-5-10-25(17)12-13-27-18-8-4-6-16(14-18)19-15-23-26-11-9-20(22-2)24-21(19)26/h4,6,8-9,11,14-15,17H,3,5,7,10,12-13H2,1-2H3,(H,22,24). The minimum Gasteiger partial charge on any atom is -0.492 e. The van der Waals surface area contributed by atoms with E-state index in [2.05, 4.69) is 39.4 Å². The fourth-order valence-electron chi connectivity index (χ4n) is 3.90. The number of nitrogens with one attached hydrogen (secondary N) is 1. The summed E-state index contributed by atoms with van der Waals surface area (Å²) in [7, 11) is 1.87. The number of ether oxygens (including phenoxy) is 1. The zero-order chi connectivity index (χ0) is 18.6. The molecule has 2 aromatic heterocycles. The lowest BCUT2D eigenvalue weighted by atomic mass is 10.1. The molecule has 4 rings (SSSR count). The third kappa shape index (κ3) is 3.76. The second-order valence-corrected chi connectivity index (χ2v) is 7.01. The molecule has 1 fully saturated rings. The van der Waals surface area contributed by atoms with Crippen molar-refractivity contribution in [3.8, 4) is 16.9 Å². The molecule has 3 heterocycles. The van der Waals surface area contributed by atoms with Gasteiger partial charge in [0.05, 0.1) is 6.20 Å². The Labute approximate surface area is 160 Å². The maximum absolute atomic E-state index is 6.05. The number of hydrogen-bond donors (Lipinski definition) is 1. The van der Waals surface area contributed by atoms with Crippen molar-refractivity contribution >= 4 is 11.5 Å². The summed E-state index contributed by atoms with van der Waals surface area (Å²) in [6.07, 6.45) is 7.63. The van der Waals surface area contributed by atoms with E-state index in [0.29, 0.717) is 0 Å². The number of benzene rings is 1. The van der Waals surface area contributed by atoms with Gasteiger partial charge in [0.15, 0.2) is 5.65 Å². The highest BCUT2D eigenvalue weighted by molar-refractivity contribution is 5.78. The highest BCUT2D eigenvalue weighted by Crippen LogP contribution is 2.27. The Morgan fingerprint density at radius 2 is 2.22 bits per heavy atom. The zero-order valence-corrected chi connectivity index (χ0v) is 16.1. The molecule has 6 nitrogen and oxygen atoms in total. The Balaban J connectivity index is 1.48. The van der Waals surface area contributed by atoms with Crippen LogP contribution in [0.1, 0.15) is 26.2 Å². The van der Waals surface area contributed by atoms with Gasteiger partial charge in [-0.15, -0.1) is 0 Å². The predicted octanol–water partition coefficient (Wildman–Crippen LogP) is 3.69. The molecule has 6 heteroatoms. The fourth-order valence-corrected chi connectivity index (χ4v) is 3.90. The first kappa shape index (κ1) is 17.8. The third-order valence-electron chi connectivity index (χ3n) is 5.39. The van der Waals surface area contributed by atoms with E-state index in [1.54, 1.807) is 4.52 Å². The van der Waals surface area contributed by atoms with E-state index in [4.69, 9.17) is 4.74 Å². The lowest BCUT2D eigenvalue weighted by Gasteiger charge is -2.23. The third-order valence-corrected chi connectivity index (χ3v) is 5.39. The van der Waals surface area contributed by atoms with E-state index in [1.807, 2.05) is 37.6 Å². The fraction of sp³-hybridized carbons (Fsp3) is 0.429. The molecule has 27 heavy (non-hydrogen) atoms. The van der Waals surface area contributed by atoms with Gasteiger partial charge in [0.1, 0.15) is 18.2 Å². The molecule has 1 aliphatic heterocycles. The predicted molar refractivity (Wildman–Crippen MR) is 108 cm³/mol. The van der Waals surface area contributed by atoms with Crippen molar-refractivity contribution in [1.82, 2.24) is 19.5 Å². The summed E-state index contributed by atoms with van der Waals surface area (Å²) in [4.78, 5) is 7.19. The van der Waals surface area contributed by atoms with Crippen molar-refractivity contribution in [3.63, 3.8) is 0 Å². The Hall–Kier alpha value is -2.60. The molecule has 0 bridgehead atoms. The van der Waals surface area contributed by atoms with E-state index in [0.717, 1.165) is 47.5 Å². The van der Waals surface area contributed by atoms with Crippen LogP contribution in [-0.2, 0) is 0 Å². The van der Waals surface area contributed by atoms with Gasteiger partial charge in [-0.2, -0.15) is 5.10 Å². The molecule has 1 atom stereocenters. The maximum Gasteiger partial charge on any atom is 0.165 e. The number of fused-ring (bicyclic) bond motifs is 1. The average molecular weight is 365 g/mol. The number of anilines is 1. The number of likely N-dealkylation sites (tertiary alicyclic amines) is 1. The number of hydrogen-bond acceptors (Lipinski definition) is 5. The van der Waals surface area contributed by atoms with Crippen LogP contribution in [0.2, 0.25) is 0 Å². The Bertz CT molecular complexity index is 906. The van der Waals surface area contributed by atoms with Gasteiger partial charge in [-0.1, -0.05) is 19.1 Å². The summed E-state index contributed by atoms with van der Waals surface area (Å²) in [5, 5.41) is 7.49. The van der Waals surface area contributed by atoms with Crippen LogP contribution in [0.25, 0.3) is 16.8 Å². The molecule has 3 aromatic rings. The van der Waals surface area contributed by atoms with Crippen LogP contribution in [0, 0.1) is 0 Å². The molecule has 0 aliphatic carbocycles. The van der Waals surface area contributed by atoms with Crippen LogP contribution in [0.4, 0.5) is 5.82 Å². The van der Waals surface area contributed by atoms with Crippen LogP contribution in [-0.4, -0.2) is 52.3 Å². The van der Waals surface area contributed by atoms with Crippen LogP contribution in [0.5, 0.6) is 5.75 Å². The first-order chi connectivity index (χ1) is 13.3. The summed E-state index contributed by atoms with van der Waals surface area (Å²) >= 11 is 0. The molecule has 1 aliphatic rings. The van der Waals surface area contributed by atoms with E-state index in [9.17, 15) is 0 Å².